The van der Waals surface area contributed by atoms with E-state index in [-0.39, 0.29) is 5.56 Å². The van der Waals surface area contributed by atoms with Crippen LogP contribution in [0, 0.1) is 0 Å². The van der Waals surface area contributed by atoms with E-state index in [1.54, 1.807) is 4.98 Å². The van der Waals surface area contributed by atoms with E-state index in [9.17, 15) is 22.8 Å². The summed E-state index contributed by atoms with van der Waals surface area (Å²) in [5.41, 5.74) is 2.90. The van der Waals surface area contributed by atoms with Gasteiger partial charge in [0, 0.05) is 18.2 Å². The number of ether oxygens (including phenoxy) is 1. The Hall–Kier alpha value is -2.03. The summed E-state index contributed by atoms with van der Waals surface area (Å²) in [4.78, 5) is 23.4. The molecule has 9 heteroatoms. The Bertz CT molecular complexity index is 495. The Kier molecular flexibility index (Phi) is 3.42. The highest BCUT2D eigenvalue weighted by molar-refractivity contribution is 5.89. The van der Waals surface area contributed by atoms with E-state index in [1.807, 2.05) is 0 Å². The van der Waals surface area contributed by atoms with Crippen LogP contribution < -0.4 is 16.0 Å². The van der Waals surface area contributed by atoms with Crippen LogP contribution in [0.5, 0.6) is 5.75 Å². The highest BCUT2D eigenvalue weighted by Crippen LogP contribution is 2.27. The number of H-pyrrole nitrogens is 1. The SMILES string of the molecule is NCc1cc(=O)[nH]c(C(=O)O)c1OC(F)(F)F. The number of rotatable bonds is 3. The predicted molar refractivity (Wildman–Crippen MR) is 48.6 cm³/mol. The molecule has 4 N–H and O–H groups in total. The number of pyridine rings is 1. The molecule has 0 atom stereocenters. The van der Waals surface area contributed by atoms with Crippen LogP contribution in [-0.4, -0.2) is 22.4 Å². The van der Waals surface area contributed by atoms with Crippen molar-refractivity contribution in [1.29, 1.82) is 0 Å². The maximum atomic E-state index is 12.1. The number of carboxylic acids is 1. The molecular weight excluding hydrogens is 245 g/mol. The molecule has 1 rings (SSSR count). The molecule has 0 radical (unpaired) electrons. The summed E-state index contributed by atoms with van der Waals surface area (Å²) >= 11 is 0. The summed E-state index contributed by atoms with van der Waals surface area (Å²) in [6.07, 6.45) is -5.08. The average Bonchev–Trinajstić information content (AvgIpc) is 2.17. The predicted octanol–water partition coefficient (Wildman–Crippen LogP) is 0.430. The number of carbonyl (C=O) groups is 1. The van der Waals surface area contributed by atoms with Crippen molar-refractivity contribution < 1.29 is 27.8 Å². The van der Waals surface area contributed by atoms with Gasteiger partial charge in [-0.05, 0) is 0 Å². The third-order valence-electron chi connectivity index (χ3n) is 1.72. The van der Waals surface area contributed by atoms with Gasteiger partial charge in [-0.1, -0.05) is 0 Å². The fourth-order valence-corrected chi connectivity index (χ4v) is 1.13. The molecule has 1 aromatic heterocycles. The highest BCUT2D eigenvalue weighted by atomic mass is 19.4. The Morgan fingerprint density at radius 3 is 2.53 bits per heavy atom. The average molecular weight is 252 g/mol. The summed E-state index contributed by atoms with van der Waals surface area (Å²) < 4.78 is 39.7. The molecule has 0 spiro atoms. The van der Waals surface area contributed by atoms with Crippen molar-refractivity contribution in [1.82, 2.24) is 4.98 Å². The van der Waals surface area contributed by atoms with E-state index in [4.69, 9.17) is 10.8 Å². The van der Waals surface area contributed by atoms with Crippen molar-refractivity contribution in [3.8, 4) is 5.75 Å². The third-order valence-corrected chi connectivity index (χ3v) is 1.72. The topological polar surface area (TPSA) is 105 Å². The zero-order valence-corrected chi connectivity index (χ0v) is 8.17. The summed E-state index contributed by atoms with van der Waals surface area (Å²) in [7, 11) is 0. The van der Waals surface area contributed by atoms with Gasteiger partial charge >= 0.3 is 12.3 Å². The fraction of sp³-hybridized carbons (Fsp3) is 0.250. The number of hydrogen-bond donors (Lipinski definition) is 3. The Morgan fingerprint density at radius 2 is 2.12 bits per heavy atom. The number of aromatic amines is 1. The lowest BCUT2D eigenvalue weighted by molar-refractivity contribution is -0.275. The zero-order valence-electron chi connectivity index (χ0n) is 8.17. The van der Waals surface area contributed by atoms with Crippen LogP contribution in [0.25, 0.3) is 0 Å². The summed E-state index contributed by atoms with van der Waals surface area (Å²) in [5, 5.41) is 8.65. The van der Waals surface area contributed by atoms with Gasteiger partial charge in [-0.15, -0.1) is 13.2 Å². The molecule has 6 nitrogen and oxygen atoms in total. The molecule has 0 aliphatic heterocycles. The second kappa shape index (κ2) is 4.45. The van der Waals surface area contributed by atoms with Gasteiger partial charge in [-0.2, -0.15) is 0 Å². The number of nitrogens with one attached hydrogen (secondary N) is 1. The van der Waals surface area contributed by atoms with Crippen LogP contribution in [0.15, 0.2) is 10.9 Å². The fourth-order valence-electron chi connectivity index (χ4n) is 1.13. The number of aromatic carboxylic acids is 1. The monoisotopic (exact) mass is 252 g/mol. The molecule has 0 bridgehead atoms. The first kappa shape index (κ1) is 13.0. The minimum atomic E-state index is -5.08. The van der Waals surface area contributed by atoms with Crippen molar-refractivity contribution in [2.75, 3.05) is 0 Å². The number of nitrogens with two attached hydrogens (primary N) is 1. The molecule has 1 aromatic rings. The van der Waals surface area contributed by atoms with Crippen LogP contribution in [0.3, 0.4) is 0 Å². The molecule has 0 aliphatic rings. The van der Waals surface area contributed by atoms with Crippen molar-refractivity contribution in [3.05, 3.63) is 27.7 Å². The van der Waals surface area contributed by atoms with Gasteiger partial charge in [0.25, 0.3) is 0 Å². The smallest absolute Gasteiger partial charge is 0.476 e. The van der Waals surface area contributed by atoms with E-state index in [2.05, 4.69) is 4.74 Å². The zero-order chi connectivity index (χ0) is 13.2. The summed E-state index contributed by atoms with van der Waals surface area (Å²) in [6.45, 7) is -0.463. The van der Waals surface area contributed by atoms with Gasteiger partial charge in [0.1, 0.15) is 0 Å². The number of carboxylic acid groups (broad SMARTS) is 1. The van der Waals surface area contributed by atoms with E-state index in [0.29, 0.717) is 0 Å². The van der Waals surface area contributed by atoms with Crippen LogP contribution >= 0.6 is 0 Å². The van der Waals surface area contributed by atoms with Crippen LogP contribution in [0.1, 0.15) is 16.1 Å². The summed E-state index contributed by atoms with van der Waals surface area (Å²) in [6, 6.07) is 0.744. The number of alkyl halides is 3. The van der Waals surface area contributed by atoms with Gasteiger partial charge in [0.2, 0.25) is 5.56 Å². The first-order valence-electron chi connectivity index (χ1n) is 4.20. The number of hydrogen-bond acceptors (Lipinski definition) is 4. The summed E-state index contributed by atoms with van der Waals surface area (Å²) in [5.74, 6) is -2.76. The minimum Gasteiger partial charge on any atom is -0.476 e. The normalized spacial score (nSPS) is 11.3. The van der Waals surface area contributed by atoms with Gasteiger partial charge < -0.3 is 20.6 Å². The van der Waals surface area contributed by atoms with E-state index in [1.165, 1.54) is 0 Å². The van der Waals surface area contributed by atoms with E-state index >= 15 is 0 Å². The molecule has 17 heavy (non-hydrogen) atoms. The third kappa shape index (κ3) is 3.21. The molecule has 0 unspecified atom stereocenters. The molecule has 0 amide bonds. The minimum absolute atomic E-state index is 0.344. The van der Waals surface area contributed by atoms with E-state index < -0.39 is 35.9 Å². The second-order valence-electron chi connectivity index (χ2n) is 2.92. The van der Waals surface area contributed by atoms with Crippen molar-refractivity contribution in [3.63, 3.8) is 0 Å². The first-order chi connectivity index (χ1) is 7.74. The van der Waals surface area contributed by atoms with Crippen molar-refractivity contribution >= 4 is 5.97 Å². The molecule has 0 aromatic carbocycles. The number of aromatic nitrogens is 1. The van der Waals surface area contributed by atoms with Gasteiger partial charge in [0.05, 0.1) is 0 Å². The Morgan fingerprint density at radius 1 is 1.53 bits per heavy atom. The first-order valence-corrected chi connectivity index (χ1v) is 4.20. The lowest BCUT2D eigenvalue weighted by atomic mass is 10.2. The quantitative estimate of drug-likeness (QED) is 0.723. The molecule has 0 saturated heterocycles. The second-order valence-corrected chi connectivity index (χ2v) is 2.92. The van der Waals surface area contributed by atoms with Crippen molar-refractivity contribution in [2.45, 2.75) is 12.9 Å². The van der Waals surface area contributed by atoms with Gasteiger partial charge in [0.15, 0.2) is 11.4 Å². The maximum Gasteiger partial charge on any atom is 0.573 e. The van der Waals surface area contributed by atoms with Crippen LogP contribution in [0.2, 0.25) is 0 Å². The maximum absolute atomic E-state index is 12.1. The molecular formula is C8H7F3N2O4. The molecule has 0 saturated carbocycles. The van der Waals surface area contributed by atoms with Crippen molar-refractivity contribution in [2.24, 2.45) is 5.73 Å². The molecule has 0 aliphatic carbocycles. The molecule has 1 heterocycles. The molecule has 0 fully saturated rings. The van der Waals surface area contributed by atoms with E-state index in [0.717, 1.165) is 6.07 Å². The van der Waals surface area contributed by atoms with Crippen LogP contribution in [-0.2, 0) is 6.54 Å². The van der Waals surface area contributed by atoms with Crippen LogP contribution in [0.4, 0.5) is 13.2 Å². The van der Waals surface area contributed by atoms with Gasteiger partial charge in [-0.25, -0.2) is 4.79 Å². The Balaban J connectivity index is 3.42. The largest absolute Gasteiger partial charge is 0.573 e. The lowest BCUT2D eigenvalue weighted by Gasteiger charge is -2.13. The number of halogens is 3. The standard InChI is InChI=1S/C8H7F3N2O4/c9-8(10,11)17-6-3(2-12)1-4(14)13-5(6)7(15)16/h1H,2,12H2,(H,13,14)(H,15,16). The highest BCUT2D eigenvalue weighted by Gasteiger charge is 2.34. The molecule has 94 valence electrons. The Labute approximate surface area is 91.8 Å². The van der Waals surface area contributed by atoms with Gasteiger partial charge in [-0.3, -0.25) is 4.79 Å². The lowest BCUT2D eigenvalue weighted by Crippen LogP contribution is -2.24.